The summed E-state index contributed by atoms with van der Waals surface area (Å²) in [5.74, 6) is -0.658. The molecule has 1 atom stereocenters. The van der Waals surface area contributed by atoms with Crippen molar-refractivity contribution in [3.63, 3.8) is 0 Å². The molecule has 23 heavy (non-hydrogen) atoms. The SMILES string of the molecule is COP(=O)(/C(=C(/C)C(N)=O)c1cc(C)ccc1N)c1cccs1. The third kappa shape index (κ3) is 3.24. The maximum Gasteiger partial charge on any atom is 0.271 e. The van der Waals surface area contributed by atoms with Gasteiger partial charge in [0.2, 0.25) is 5.91 Å². The Morgan fingerprint density at radius 2 is 2.00 bits per heavy atom. The smallest absolute Gasteiger partial charge is 0.271 e. The summed E-state index contributed by atoms with van der Waals surface area (Å²) in [6.45, 7) is 3.43. The fourth-order valence-corrected chi connectivity index (χ4v) is 5.92. The van der Waals surface area contributed by atoms with E-state index in [-0.39, 0.29) is 10.9 Å². The molecule has 0 aliphatic heterocycles. The minimum Gasteiger partial charge on any atom is -0.398 e. The van der Waals surface area contributed by atoms with Gasteiger partial charge >= 0.3 is 0 Å². The van der Waals surface area contributed by atoms with E-state index in [2.05, 4.69) is 0 Å². The summed E-state index contributed by atoms with van der Waals surface area (Å²) < 4.78 is 19.6. The topological polar surface area (TPSA) is 95.4 Å². The van der Waals surface area contributed by atoms with Crippen LogP contribution in [0.25, 0.3) is 5.31 Å². The molecule has 0 aliphatic carbocycles. The summed E-state index contributed by atoms with van der Waals surface area (Å²) in [5.41, 5.74) is 13.6. The van der Waals surface area contributed by atoms with Crippen LogP contribution in [-0.2, 0) is 13.9 Å². The molecule has 2 rings (SSSR count). The first-order valence-electron chi connectivity index (χ1n) is 6.89. The minimum absolute atomic E-state index is 0.181. The van der Waals surface area contributed by atoms with Gasteiger partial charge in [0.25, 0.3) is 7.37 Å². The highest BCUT2D eigenvalue weighted by molar-refractivity contribution is 7.81. The van der Waals surface area contributed by atoms with Crippen LogP contribution in [0.15, 0.2) is 41.3 Å². The van der Waals surface area contributed by atoms with Crippen molar-refractivity contribution in [2.24, 2.45) is 5.73 Å². The van der Waals surface area contributed by atoms with E-state index in [9.17, 15) is 9.36 Å². The number of thiophene rings is 1. The van der Waals surface area contributed by atoms with Crippen LogP contribution in [0.5, 0.6) is 0 Å². The van der Waals surface area contributed by atoms with E-state index in [4.69, 9.17) is 16.0 Å². The van der Waals surface area contributed by atoms with Crippen LogP contribution in [0.4, 0.5) is 5.69 Å². The zero-order valence-corrected chi connectivity index (χ0v) is 14.9. The van der Waals surface area contributed by atoms with E-state index in [1.807, 2.05) is 13.0 Å². The molecule has 2 aromatic rings. The number of amides is 1. The summed E-state index contributed by atoms with van der Waals surface area (Å²) in [6, 6.07) is 8.85. The third-order valence-electron chi connectivity index (χ3n) is 3.54. The van der Waals surface area contributed by atoms with Gasteiger partial charge in [-0.15, -0.1) is 11.3 Å². The molecule has 1 heterocycles. The van der Waals surface area contributed by atoms with Crippen LogP contribution in [0.1, 0.15) is 18.1 Å². The second kappa shape index (κ2) is 6.71. The first kappa shape index (κ1) is 17.5. The number of nitrogen functional groups attached to an aromatic ring is 1. The number of anilines is 1. The normalized spacial score (nSPS) is 14.9. The van der Waals surface area contributed by atoms with Crippen molar-refractivity contribution in [1.82, 2.24) is 0 Å². The van der Waals surface area contributed by atoms with Gasteiger partial charge in [-0.25, -0.2) is 0 Å². The number of rotatable bonds is 5. The van der Waals surface area contributed by atoms with Gasteiger partial charge in [0.05, 0.1) is 9.93 Å². The molecule has 0 saturated carbocycles. The minimum atomic E-state index is -3.48. The van der Waals surface area contributed by atoms with E-state index in [1.165, 1.54) is 18.4 Å². The van der Waals surface area contributed by atoms with E-state index in [0.29, 0.717) is 15.9 Å². The average molecular weight is 350 g/mol. The van der Waals surface area contributed by atoms with Crippen molar-refractivity contribution in [1.29, 1.82) is 0 Å². The zero-order valence-electron chi connectivity index (χ0n) is 13.2. The van der Waals surface area contributed by atoms with Crippen LogP contribution in [-0.4, -0.2) is 13.0 Å². The van der Waals surface area contributed by atoms with Gasteiger partial charge in [-0.3, -0.25) is 9.36 Å². The highest BCUT2D eigenvalue weighted by atomic mass is 32.1. The van der Waals surface area contributed by atoms with Gasteiger partial charge in [-0.1, -0.05) is 17.7 Å². The Hall–Kier alpha value is -1.88. The Bertz CT molecular complexity index is 813. The number of benzene rings is 1. The van der Waals surface area contributed by atoms with Gasteiger partial charge in [0, 0.05) is 23.9 Å². The lowest BCUT2D eigenvalue weighted by molar-refractivity contribution is -0.114. The summed E-state index contributed by atoms with van der Waals surface area (Å²) in [4.78, 5) is 11.8. The Labute approximate surface area is 139 Å². The quantitative estimate of drug-likeness (QED) is 0.492. The maximum absolute atomic E-state index is 13.6. The molecule has 1 unspecified atom stereocenters. The first-order chi connectivity index (χ1) is 10.8. The molecule has 7 heteroatoms. The number of primary amides is 1. The molecule has 0 fully saturated rings. The zero-order chi connectivity index (χ0) is 17.2. The lowest BCUT2D eigenvalue weighted by atomic mass is 10.1. The fourth-order valence-electron chi connectivity index (χ4n) is 2.30. The standard InChI is InChI=1S/C16H19N2O3PS/c1-10-6-7-13(17)12(9-10)15(11(2)16(18)19)22(20,21-3)14-5-4-8-23-14/h4-9H,17H2,1-3H3,(H2,18,19)/b15-11-. The number of hydrogen-bond acceptors (Lipinski definition) is 5. The van der Waals surface area contributed by atoms with Crippen molar-refractivity contribution >= 4 is 40.2 Å². The van der Waals surface area contributed by atoms with Gasteiger partial charge in [0.15, 0.2) is 0 Å². The first-order valence-corrected chi connectivity index (χ1v) is 9.39. The Morgan fingerprint density at radius 3 is 2.52 bits per heavy atom. The molecular formula is C16H19N2O3PS. The number of hydrogen-bond donors (Lipinski definition) is 2. The van der Waals surface area contributed by atoms with Crippen LogP contribution in [0, 0.1) is 6.92 Å². The average Bonchev–Trinajstić information content (AvgIpc) is 3.05. The van der Waals surface area contributed by atoms with Gasteiger partial charge < -0.3 is 16.0 Å². The van der Waals surface area contributed by atoms with E-state index < -0.39 is 13.3 Å². The van der Waals surface area contributed by atoms with Crippen molar-refractivity contribution in [2.45, 2.75) is 13.8 Å². The fraction of sp³-hybridized carbons (Fsp3) is 0.188. The molecule has 1 aromatic heterocycles. The summed E-state index contributed by atoms with van der Waals surface area (Å²) in [5, 5.41) is 2.06. The van der Waals surface area contributed by atoms with Gasteiger partial charge in [0.1, 0.15) is 0 Å². The molecule has 0 spiro atoms. The lowest BCUT2D eigenvalue weighted by Crippen LogP contribution is -2.16. The number of carbonyl (C=O) groups is 1. The second-order valence-electron chi connectivity index (χ2n) is 5.11. The van der Waals surface area contributed by atoms with Gasteiger partial charge in [-0.2, -0.15) is 0 Å². The van der Waals surface area contributed by atoms with Crippen LogP contribution < -0.4 is 16.1 Å². The largest absolute Gasteiger partial charge is 0.398 e. The molecular weight excluding hydrogens is 331 g/mol. The van der Waals surface area contributed by atoms with Crippen molar-refractivity contribution in [3.8, 4) is 0 Å². The second-order valence-corrected chi connectivity index (χ2v) is 8.76. The lowest BCUT2D eigenvalue weighted by Gasteiger charge is -2.22. The Balaban J connectivity index is 2.85. The highest BCUT2D eigenvalue weighted by Gasteiger charge is 2.35. The third-order valence-corrected chi connectivity index (χ3v) is 7.65. The monoisotopic (exact) mass is 350 g/mol. The number of aryl methyl sites for hydroxylation is 1. The summed E-state index contributed by atoms with van der Waals surface area (Å²) >= 11 is 1.30. The van der Waals surface area contributed by atoms with E-state index >= 15 is 0 Å². The predicted octanol–water partition coefficient (Wildman–Crippen LogP) is 3.11. The van der Waals surface area contributed by atoms with Crippen LogP contribution in [0.3, 0.4) is 0 Å². The molecule has 1 aromatic carbocycles. The van der Waals surface area contributed by atoms with E-state index in [0.717, 1.165) is 5.56 Å². The molecule has 122 valence electrons. The van der Waals surface area contributed by atoms with Crippen LogP contribution in [0.2, 0.25) is 0 Å². The van der Waals surface area contributed by atoms with Gasteiger partial charge in [-0.05, 0) is 37.4 Å². The molecule has 5 nitrogen and oxygen atoms in total. The summed E-state index contributed by atoms with van der Waals surface area (Å²) in [6.07, 6.45) is 0. The predicted molar refractivity (Wildman–Crippen MR) is 95.9 cm³/mol. The molecule has 0 radical (unpaired) electrons. The maximum atomic E-state index is 13.6. The molecule has 0 saturated heterocycles. The van der Waals surface area contributed by atoms with E-state index in [1.54, 1.807) is 36.6 Å². The van der Waals surface area contributed by atoms with Crippen molar-refractivity contribution in [3.05, 3.63) is 52.4 Å². The molecule has 4 N–H and O–H groups in total. The molecule has 1 amide bonds. The Kier molecular flexibility index (Phi) is 5.09. The van der Waals surface area contributed by atoms with Crippen molar-refractivity contribution in [2.75, 3.05) is 12.8 Å². The van der Waals surface area contributed by atoms with Crippen molar-refractivity contribution < 1.29 is 13.9 Å². The molecule has 0 aliphatic rings. The summed E-state index contributed by atoms with van der Waals surface area (Å²) in [7, 11) is -2.11. The number of carbonyl (C=O) groups excluding carboxylic acids is 1. The molecule has 0 bridgehead atoms. The highest BCUT2D eigenvalue weighted by Crippen LogP contribution is 2.61. The Morgan fingerprint density at radius 1 is 1.30 bits per heavy atom. The van der Waals surface area contributed by atoms with Crippen LogP contribution >= 0.6 is 18.7 Å². The number of nitrogens with two attached hydrogens (primary N) is 2.